The fraction of sp³-hybridized carbons (Fsp3) is 0.500. The van der Waals surface area contributed by atoms with Gasteiger partial charge in [-0.05, 0) is 43.2 Å². The van der Waals surface area contributed by atoms with Gasteiger partial charge in [0.05, 0.1) is 26.6 Å². The van der Waals surface area contributed by atoms with Gasteiger partial charge in [0.1, 0.15) is 11.5 Å². The van der Waals surface area contributed by atoms with Crippen LogP contribution in [0.5, 0.6) is 5.75 Å². The molecule has 2 aromatic rings. The van der Waals surface area contributed by atoms with E-state index in [1.54, 1.807) is 13.4 Å². The van der Waals surface area contributed by atoms with E-state index in [2.05, 4.69) is 22.8 Å². The van der Waals surface area contributed by atoms with Crippen molar-refractivity contribution in [2.75, 3.05) is 40.0 Å². The molecule has 158 valence electrons. The molecule has 0 atom stereocenters. The predicted octanol–water partition coefficient (Wildman–Crippen LogP) is 2.76. The summed E-state index contributed by atoms with van der Waals surface area (Å²) in [5.74, 6) is 2.08. The normalized spacial score (nSPS) is 16.0. The van der Waals surface area contributed by atoms with Crippen molar-refractivity contribution in [3.63, 3.8) is 0 Å². The maximum atomic E-state index is 5.66. The zero-order chi connectivity index (χ0) is 20.4. The Morgan fingerprint density at radius 3 is 2.45 bits per heavy atom. The summed E-state index contributed by atoms with van der Waals surface area (Å²) in [5.41, 5.74) is 1.24. The summed E-state index contributed by atoms with van der Waals surface area (Å²) in [6.45, 7) is 5.41. The molecule has 7 heteroatoms. The van der Waals surface area contributed by atoms with Crippen molar-refractivity contribution in [1.29, 1.82) is 0 Å². The number of furan rings is 1. The number of benzene rings is 1. The van der Waals surface area contributed by atoms with Gasteiger partial charge < -0.3 is 29.3 Å². The van der Waals surface area contributed by atoms with Crippen molar-refractivity contribution < 1.29 is 18.6 Å². The predicted molar refractivity (Wildman–Crippen MR) is 112 cm³/mol. The largest absolute Gasteiger partial charge is 0.497 e. The summed E-state index contributed by atoms with van der Waals surface area (Å²) in [6, 6.07) is 12.0. The van der Waals surface area contributed by atoms with Crippen molar-refractivity contribution in [1.82, 2.24) is 10.6 Å². The van der Waals surface area contributed by atoms with E-state index in [-0.39, 0.29) is 0 Å². The number of guanidine groups is 1. The maximum Gasteiger partial charge on any atom is 0.191 e. The van der Waals surface area contributed by atoms with Gasteiger partial charge in [0.2, 0.25) is 0 Å². The van der Waals surface area contributed by atoms with E-state index >= 15 is 0 Å². The molecule has 1 aliphatic rings. The van der Waals surface area contributed by atoms with Gasteiger partial charge in [0.25, 0.3) is 0 Å². The molecule has 1 fully saturated rings. The van der Waals surface area contributed by atoms with Gasteiger partial charge in [0.15, 0.2) is 11.7 Å². The Hall–Kier alpha value is -2.51. The molecular formula is C22H31N3O4. The first kappa shape index (κ1) is 21.2. The van der Waals surface area contributed by atoms with E-state index in [4.69, 9.17) is 23.6 Å². The zero-order valence-electron chi connectivity index (χ0n) is 17.3. The maximum absolute atomic E-state index is 5.66. The number of hydrogen-bond donors (Lipinski definition) is 2. The second-order valence-electron chi connectivity index (χ2n) is 7.09. The molecule has 0 spiro atoms. The summed E-state index contributed by atoms with van der Waals surface area (Å²) in [6.07, 6.45) is 4.11. The molecule has 3 rings (SSSR count). The molecule has 1 aliphatic heterocycles. The first-order chi connectivity index (χ1) is 14.2. The number of rotatable bonds is 10. The summed E-state index contributed by atoms with van der Waals surface area (Å²) >= 11 is 0. The molecule has 7 nitrogen and oxygen atoms in total. The van der Waals surface area contributed by atoms with Crippen molar-refractivity contribution in [3.8, 4) is 5.75 Å². The lowest BCUT2D eigenvalue weighted by molar-refractivity contribution is -0.144. The fourth-order valence-corrected chi connectivity index (χ4v) is 3.12. The highest BCUT2D eigenvalue weighted by molar-refractivity contribution is 5.79. The topological polar surface area (TPSA) is 77.2 Å². The van der Waals surface area contributed by atoms with Crippen LogP contribution in [-0.4, -0.2) is 51.7 Å². The van der Waals surface area contributed by atoms with Crippen LogP contribution in [0.1, 0.15) is 24.7 Å². The first-order valence-electron chi connectivity index (χ1n) is 10.1. The molecule has 0 radical (unpaired) electrons. The first-order valence-corrected chi connectivity index (χ1v) is 10.1. The third-order valence-corrected chi connectivity index (χ3v) is 4.84. The minimum Gasteiger partial charge on any atom is -0.497 e. The van der Waals surface area contributed by atoms with Gasteiger partial charge >= 0.3 is 0 Å². The summed E-state index contributed by atoms with van der Waals surface area (Å²) in [7, 11) is 1.68. The van der Waals surface area contributed by atoms with Gasteiger partial charge in [-0.25, -0.2) is 0 Å². The smallest absolute Gasteiger partial charge is 0.191 e. The van der Waals surface area contributed by atoms with Crippen molar-refractivity contribution >= 4 is 5.96 Å². The van der Waals surface area contributed by atoms with E-state index in [0.29, 0.717) is 19.8 Å². The highest BCUT2D eigenvalue weighted by Crippen LogP contribution is 2.22. The summed E-state index contributed by atoms with van der Waals surface area (Å²) in [4.78, 5) is 4.69. The minimum absolute atomic E-state index is 0.522. The van der Waals surface area contributed by atoms with E-state index in [9.17, 15) is 0 Å². The van der Waals surface area contributed by atoms with E-state index < -0.39 is 5.79 Å². The van der Waals surface area contributed by atoms with Crippen molar-refractivity contribution in [2.24, 2.45) is 4.99 Å². The number of nitrogens with zero attached hydrogens (tertiary/aromatic N) is 1. The van der Waals surface area contributed by atoms with Gasteiger partial charge in [-0.2, -0.15) is 0 Å². The number of aliphatic imine (C=N–C) groups is 1. The van der Waals surface area contributed by atoms with Crippen LogP contribution < -0.4 is 15.4 Å². The molecule has 0 amide bonds. The molecule has 2 heterocycles. The highest BCUT2D eigenvalue weighted by Gasteiger charge is 2.30. The Morgan fingerprint density at radius 1 is 1.07 bits per heavy atom. The van der Waals surface area contributed by atoms with E-state index in [0.717, 1.165) is 49.8 Å². The van der Waals surface area contributed by atoms with Crippen LogP contribution >= 0.6 is 0 Å². The third kappa shape index (κ3) is 7.11. The monoisotopic (exact) mass is 401 g/mol. The molecule has 0 bridgehead atoms. The Labute approximate surface area is 172 Å². The summed E-state index contributed by atoms with van der Waals surface area (Å²) in [5, 5.41) is 6.79. The lowest BCUT2D eigenvalue weighted by atomic mass is 10.1. The Bertz CT molecular complexity index is 738. The van der Waals surface area contributed by atoms with Crippen molar-refractivity contribution in [2.45, 2.75) is 32.0 Å². The van der Waals surface area contributed by atoms with Crippen LogP contribution in [-0.2, 0) is 22.3 Å². The molecule has 1 aromatic heterocycles. The third-order valence-electron chi connectivity index (χ3n) is 4.84. The lowest BCUT2D eigenvalue weighted by Gasteiger charge is -2.21. The molecule has 2 N–H and O–H groups in total. The Morgan fingerprint density at radius 2 is 1.79 bits per heavy atom. The van der Waals surface area contributed by atoms with Crippen LogP contribution in [0.15, 0.2) is 52.1 Å². The Kier molecular flexibility index (Phi) is 7.95. The summed E-state index contributed by atoms with van der Waals surface area (Å²) < 4.78 is 21.9. The van der Waals surface area contributed by atoms with Crippen LogP contribution in [0, 0.1) is 0 Å². The molecule has 0 aliphatic carbocycles. The average Bonchev–Trinajstić information content (AvgIpc) is 3.40. The van der Waals surface area contributed by atoms with Gasteiger partial charge in [0, 0.05) is 32.5 Å². The zero-order valence-corrected chi connectivity index (χ0v) is 17.3. The minimum atomic E-state index is -0.522. The SMILES string of the molecule is COc1ccc(CCNC(=NCCC2(C)OCCO2)NCCc2ccco2)cc1. The van der Waals surface area contributed by atoms with Crippen molar-refractivity contribution in [3.05, 3.63) is 54.0 Å². The fourth-order valence-electron chi connectivity index (χ4n) is 3.12. The van der Waals surface area contributed by atoms with Crippen LogP contribution in [0.25, 0.3) is 0 Å². The number of nitrogens with one attached hydrogen (secondary N) is 2. The van der Waals surface area contributed by atoms with Gasteiger partial charge in [-0.3, -0.25) is 4.99 Å². The standard InChI is InChI=1S/C22H31N3O4/c1-22(28-16-17-29-22)11-14-25-21(24-13-10-20-4-3-15-27-20)23-12-9-18-5-7-19(26-2)8-6-18/h3-8,15H,9-14,16-17H2,1-2H3,(H2,23,24,25). The van der Waals surface area contributed by atoms with Crippen LogP contribution in [0.4, 0.5) is 0 Å². The second kappa shape index (κ2) is 10.9. The Balaban J connectivity index is 1.48. The molecule has 1 saturated heterocycles. The highest BCUT2D eigenvalue weighted by atomic mass is 16.7. The van der Waals surface area contributed by atoms with Crippen LogP contribution in [0.3, 0.4) is 0 Å². The molecule has 0 saturated carbocycles. The average molecular weight is 402 g/mol. The molecule has 29 heavy (non-hydrogen) atoms. The van der Waals surface area contributed by atoms with Gasteiger partial charge in [-0.1, -0.05) is 12.1 Å². The van der Waals surface area contributed by atoms with Crippen LogP contribution in [0.2, 0.25) is 0 Å². The number of ether oxygens (including phenoxy) is 3. The lowest BCUT2D eigenvalue weighted by Crippen LogP contribution is -2.40. The van der Waals surface area contributed by atoms with E-state index in [1.807, 2.05) is 31.2 Å². The molecule has 1 aromatic carbocycles. The van der Waals surface area contributed by atoms with Gasteiger partial charge in [-0.15, -0.1) is 0 Å². The molecular weight excluding hydrogens is 370 g/mol. The second-order valence-corrected chi connectivity index (χ2v) is 7.09. The van der Waals surface area contributed by atoms with E-state index in [1.165, 1.54) is 5.56 Å². The quantitative estimate of drug-likeness (QED) is 0.471. The number of methoxy groups -OCH3 is 1. The number of hydrogen-bond acceptors (Lipinski definition) is 5. The molecule has 0 unspecified atom stereocenters.